The summed E-state index contributed by atoms with van der Waals surface area (Å²) in [7, 11) is -3.07. The monoisotopic (exact) mass is 340 g/mol. The molecule has 3 fully saturated rings. The minimum Gasteiger partial charge on any atom is -0.472 e. The Morgan fingerprint density at radius 1 is 1.30 bits per heavy atom. The van der Waals surface area contributed by atoms with Crippen LogP contribution in [0.5, 0.6) is 0 Å². The summed E-state index contributed by atoms with van der Waals surface area (Å²) in [5.41, 5.74) is 1.19. The minimum absolute atomic E-state index is 0.00436. The molecule has 0 aromatic carbocycles. The first-order chi connectivity index (χ1) is 11.0. The van der Waals surface area contributed by atoms with Crippen LogP contribution >= 0.6 is 0 Å². The number of hydrogen-bond donors (Lipinski definition) is 1. The van der Waals surface area contributed by atoms with Crippen molar-refractivity contribution in [1.29, 1.82) is 0 Å². The molecule has 0 bridgehead atoms. The van der Waals surface area contributed by atoms with E-state index in [9.17, 15) is 8.42 Å². The molecule has 1 aromatic heterocycles. The van der Waals surface area contributed by atoms with Gasteiger partial charge in [-0.1, -0.05) is 0 Å². The van der Waals surface area contributed by atoms with Gasteiger partial charge in [0.25, 0.3) is 0 Å². The number of furan rings is 1. The molecule has 1 unspecified atom stereocenters. The van der Waals surface area contributed by atoms with Crippen molar-refractivity contribution in [3.05, 3.63) is 24.2 Å². The number of hydrogen-bond acceptors (Lipinski definition) is 5. The van der Waals surface area contributed by atoms with E-state index in [1.54, 1.807) is 12.5 Å². The second-order valence-electron chi connectivity index (χ2n) is 7.27. The molecule has 1 atom stereocenters. The van der Waals surface area contributed by atoms with Crippen LogP contribution in [0.1, 0.15) is 31.2 Å². The van der Waals surface area contributed by atoms with Crippen LogP contribution < -0.4 is 4.72 Å². The Hall–Kier alpha value is -0.890. The number of sulfonamides is 1. The van der Waals surface area contributed by atoms with E-state index in [-0.39, 0.29) is 10.9 Å². The van der Waals surface area contributed by atoms with Gasteiger partial charge in [0.05, 0.1) is 30.0 Å². The molecule has 7 heteroatoms. The van der Waals surface area contributed by atoms with E-state index in [1.165, 1.54) is 5.56 Å². The molecule has 6 nitrogen and oxygen atoms in total. The molecule has 1 N–H and O–H groups in total. The van der Waals surface area contributed by atoms with E-state index >= 15 is 0 Å². The first-order valence-corrected chi connectivity index (χ1v) is 9.95. The fourth-order valence-corrected chi connectivity index (χ4v) is 5.04. The molecule has 0 radical (unpaired) electrons. The zero-order valence-electron chi connectivity index (χ0n) is 13.2. The Labute approximate surface area is 137 Å². The first-order valence-electron chi connectivity index (χ1n) is 8.41. The maximum absolute atomic E-state index is 11.9. The third-order valence-electron chi connectivity index (χ3n) is 5.18. The molecule has 0 amide bonds. The van der Waals surface area contributed by atoms with Crippen LogP contribution in [0.2, 0.25) is 0 Å². The zero-order valence-corrected chi connectivity index (χ0v) is 14.1. The van der Waals surface area contributed by atoms with E-state index in [4.69, 9.17) is 9.15 Å². The highest BCUT2D eigenvalue weighted by molar-refractivity contribution is 7.90. The van der Waals surface area contributed by atoms with Gasteiger partial charge in [-0.3, -0.25) is 4.90 Å². The van der Waals surface area contributed by atoms with Gasteiger partial charge >= 0.3 is 0 Å². The predicted octanol–water partition coefficient (Wildman–Crippen LogP) is 1.34. The van der Waals surface area contributed by atoms with Crippen molar-refractivity contribution in [3.63, 3.8) is 0 Å². The van der Waals surface area contributed by atoms with Crippen molar-refractivity contribution in [1.82, 2.24) is 9.62 Å². The first kappa shape index (κ1) is 15.6. The summed E-state index contributed by atoms with van der Waals surface area (Å²) in [6.45, 7) is 4.00. The smallest absolute Gasteiger partial charge is 0.214 e. The number of likely N-dealkylation sites (tertiary alicyclic amines) is 1. The molecule has 1 spiro atoms. The lowest BCUT2D eigenvalue weighted by atomic mass is 9.83. The predicted molar refractivity (Wildman–Crippen MR) is 85.3 cm³/mol. The normalized spacial score (nSPS) is 27.9. The maximum atomic E-state index is 11.9. The highest BCUT2D eigenvalue weighted by Gasteiger charge is 2.46. The largest absolute Gasteiger partial charge is 0.472 e. The Balaban J connectivity index is 1.20. The summed E-state index contributed by atoms with van der Waals surface area (Å²) in [5.74, 6) is 0.303. The van der Waals surface area contributed by atoms with Gasteiger partial charge in [0.15, 0.2) is 0 Å². The molecule has 23 heavy (non-hydrogen) atoms. The lowest BCUT2D eigenvalue weighted by Crippen LogP contribution is -2.64. The van der Waals surface area contributed by atoms with Crippen LogP contribution in [0.3, 0.4) is 0 Å². The van der Waals surface area contributed by atoms with Gasteiger partial charge < -0.3 is 9.15 Å². The van der Waals surface area contributed by atoms with Crippen LogP contribution in [0.25, 0.3) is 0 Å². The minimum atomic E-state index is -3.07. The molecule has 2 saturated heterocycles. The SMILES string of the molecule is O=S(=O)(NCC1CCC2(CN(Cc3ccoc3)C2)OC1)C1CC1. The summed E-state index contributed by atoms with van der Waals surface area (Å²) < 4.78 is 37.7. The second kappa shape index (κ2) is 5.88. The van der Waals surface area contributed by atoms with Crippen LogP contribution in [0, 0.1) is 5.92 Å². The van der Waals surface area contributed by atoms with Gasteiger partial charge in [-0.15, -0.1) is 0 Å². The molecule has 4 rings (SSSR count). The second-order valence-corrected chi connectivity index (χ2v) is 9.31. The third kappa shape index (κ3) is 3.47. The average Bonchev–Trinajstić information content (AvgIpc) is 3.25. The van der Waals surface area contributed by atoms with Gasteiger partial charge in [-0.2, -0.15) is 0 Å². The number of ether oxygens (including phenoxy) is 1. The topological polar surface area (TPSA) is 71.8 Å². The van der Waals surface area contributed by atoms with Crippen molar-refractivity contribution < 1.29 is 17.6 Å². The van der Waals surface area contributed by atoms with Crippen molar-refractivity contribution in [2.45, 2.75) is 43.1 Å². The summed E-state index contributed by atoms with van der Waals surface area (Å²) in [5, 5.41) is -0.138. The fraction of sp³-hybridized carbons (Fsp3) is 0.750. The Morgan fingerprint density at radius 3 is 2.74 bits per heavy atom. The number of nitrogens with one attached hydrogen (secondary N) is 1. The maximum Gasteiger partial charge on any atom is 0.214 e. The Bertz CT molecular complexity index is 623. The summed E-state index contributed by atoms with van der Waals surface area (Å²) in [6, 6.07) is 1.99. The summed E-state index contributed by atoms with van der Waals surface area (Å²) >= 11 is 0. The number of nitrogens with zero attached hydrogens (tertiary/aromatic N) is 1. The van der Waals surface area contributed by atoms with Crippen molar-refractivity contribution >= 4 is 10.0 Å². The van der Waals surface area contributed by atoms with Gasteiger partial charge in [0.1, 0.15) is 0 Å². The van der Waals surface area contributed by atoms with Gasteiger partial charge in [-0.25, -0.2) is 13.1 Å². The highest BCUT2D eigenvalue weighted by atomic mass is 32.2. The highest BCUT2D eigenvalue weighted by Crippen LogP contribution is 2.36. The molecule has 1 saturated carbocycles. The van der Waals surface area contributed by atoms with Crippen LogP contribution in [0.15, 0.2) is 23.0 Å². The van der Waals surface area contributed by atoms with E-state index < -0.39 is 10.0 Å². The lowest BCUT2D eigenvalue weighted by Gasteiger charge is -2.52. The van der Waals surface area contributed by atoms with Gasteiger partial charge in [-0.05, 0) is 37.7 Å². The summed E-state index contributed by atoms with van der Waals surface area (Å²) in [4.78, 5) is 2.36. The zero-order chi connectivity index (χ0) is 15.9. The molecule has 1 aliphatic carbocycles. The lowest BCUT2D eigenvalue weighted by molar-refractivity contribution is -0.181. The molecule has 1 aromatic rings. The van der Waals surface area contributed by atoms with Crippen molar-refractivity contribution in [3.8, 4) is 0 Å². The Morgan fingerprint density at radius 2 is 2.13 bits per heavy atom. The molecule has 2 aliphatic heterocycles. The van der Waals surface area contributed by atoms with Gasteiger partial charge in [0.2, 0.25) is 10.0 Å². The standard InChI is InChI=1S/C16H24N2O4S/c19-23(20,15-1-2-15)17-7-13-3-5-16(22-10-13)11-18(12-16)8-14-4-6-21-9-14/h4,6,9,13,15,17H,1-3,5,7-8,10-12H2. The molecule has 128 valence electrons. The quantitative estimate of drug-likeness (QED) is 0.846. The van der Waals surface area contributed by atoms with Crippen molar-refractivity contribution in [2.75, 3.05) is 26.2 Å². The average molecular weight is 340 g/mol. The third-order valence-corrected chi connectivity index (χ3v) is 7.10. The molecule has 3 heterocycles. The van der Waals surface area contributed by atoms with Crippen LogP contribution in [-0.2, 0) is 21.3 Å². The van der Waals surface area contributed by atoms with Crippen LogP contribution in [0.4, 0.5) is 0 Å². The van der Waals surface area contributed by atoms with Crippen molar-refractivity contribution in [2.24, 2.45) is 5.92 Å². The fourth-order valence-electron chi connectivity index (χ4n) is 3.58. The van der Waals surface area contributed by atoms with E-state index in [2.05, 4.69) is 9.62 Å². The Kier molecular flexibility index (Phi) is 3.99. The molecular formula is C16H24N2O4S. The molecule has 3 aliphatic rings. The summed E-state index contributed by atoms with van der Waals surface area (Å²) in [6.07, 6.45) is 7.17. The van der Waals surface area contributed by atoms with E-state index in [0.29, 0.717) is 19.1 Å². The van der Waals surface area contributed by atoms with Crippen LogP contribution in [-0.4, -0.2) is 50.4 Å². The van der Waals surface area contributed by atoms with E-state index in [0.717, 1.165) is 45.3 Å². The van der Waals surface area contributed by atoms with Gasteiger partial charge in [0, 0.05) is 31.7 Å². The number of rotatable bonds is 6. The van der Waals surface area contributed by atoms with E-state index in [1.807, 2.05) is 6.07 Å². The molecular weight excluding hydrogens is 316 g/mol.